The summed E-state index contributed by atoms with van der Waals surface area (Å²) in [6, 6.07) is 18.9. The average molecular weight is 450 g/mol. The molecule has 6 nitrogen and oxygen atoms in total. The molecule has 0 atom stereocenters. The van der Waals surface area contributed by atoms with Gasteiger partial charge in [-0.25, -0.2) is 8.42 Å². The van der Waals surface area contributed by atoms with Crippen molar-refractivity contribution in [1.82, 2.24) is 9.88 Å². The van der Waals surface area contributed by atoms with Crippen molar-refractivity contribution < 1.29 is 13.2 Å². The lowest BCUT2D eigenvalue weighted by atomic mass is 10.1. The fourth-order valence-corrected chi connectivity index (χ4v) is 3.74. The van der Waals surface area contributed by atoms with E-state index in [1.54, 1.807) is 47.6 Å². The molecule has 0 spiro atoms. The summed E-state index contributed by atoms with van der Waals surface area (Å²) in [5, 5.41) is 0. The number of benzene rings is 2. The van der Waals surface area contributed by atoms with Gasteiger partial charge in [0.1, 0.15) is 0 Å². The summed E-state index contributed by atoms with van der Waals surface area (Å²) in [4.78, 5) is 19.0. The van der Waals surface area contributed by atoms with Gasteiger partial charge in [-0.05, 0) is 52.9 Å². The Morgan fingerprint density at radius 2 is 1.62 bits per heavy atom. The van der Waals surface area contributed by atoms with Crippen LogP contribution in [0.3, 0.4) is 0 Å². The molecule has 0 unspecified atom stereocenters. The predicted molar refractivity (Wildman–Crippen MR) is 128 cm³/mol. The Hall–Kier alpha value is -3.45. The van der Waals surface area contributed by atoms with Crippen LogP contribution in [0.2, 0.25) is 0 Å². The molecule has 0 bridgehead atoms. The normalized spacial score (nSPS) is 11.4. The molecule has 7 heteroatoms. The molecule has 0 aliphatic heterocycles. The van der Waals surface area contributed by atoms with E-state index < -0.39 is 10.0 Å². The molecule has 0 fully saturated rings. The zero-order valence-electron chi connectivity index (χ0n) is 18.2. The number of aryl methyl sites for hydroxylation is 1. The summed E-state index contributed by atoms with van der Waals surface area (Å²) in [6.45, 7) is 3.05. The third-order valence-corrected chi connectivity index (χ3v) is 5.45. The Bertz CT molecular complexity index is 1160. The minimum atomic E-state index is -3.32. The van der Waals surface area contributed by atoms with E-state index in [0.717, 1.165) is 29.4 Å². The van der Waals surface area contributed by atoms with Gasteiger partial charge in [-0.1, -0.05) is 49.4 Å². The molecule has 1 heterocycles. The standard InChI is InChI=1S/C25H27N3O3S/c1-3-20-6-8-22(9-7-20)18-28(19-23-5-4-16-26-17-23)25(29)15-12-21-10-13-24(14-11-21)27-32(2,30)31/h4-17,27H,3,18-19H2,1-2H3/b15-12+. The minimum absolute atomic E-state index is 0.119. The van der Waals surface area contributed by atoms with Crippen LogP contribution in [0.25, 0.3) is 6.08 Å². The van der Waals surface area contributed by atoms with E-state index in [1.165, 1.54) is 11.6 Å². The second-order valence-electron chi connectivity index (χ2n) is 7.56. The zero-order chi connectivity index (χ0) is 23.0. The van der Waals surface area contributed by atoms with Crippen molar-refractivity contribution in [3.8, 4) is 0 Å². The van der Waals surface area contributed by atoms with E-state index in [9.17, 15) is 13.2 Å². The van der Waals surface area contributed by atoms with Crippen molar-refractivity contribution in [1.29, 1.82) is 0 Å². The number of pyridine rings is 1. The Labute approximate surface area is 189 Å². The topological polar surface area (TPSA) is 79.4 Å². The summed E-state index contributed by atoms with van der Waals surface area (Å²) in [5.41, 5.74) is 4.54. The molecule has 3 rings (SSSR count). The van der Waals surface area contributed by atoms with Crippen molar-refractivity contribution in [2.24, 2.45) is 0 Å². The van der Waals surface area contributed by atoms with Gasteiger partial charge in [-0.2, -0.15) is 0 Å². The van der Waals surface area contributed by atoms with Crippen LogP contribution in [0.1, 0.15) is 29.2 Å². The number of carbonyl (C=O) groups excluding carboxylic acids is 1. The van der Waals surface area contributed by atoms with Crippen LogP contribution in [-0.4, -0.2) is 30.5 Å². The van der Waals surface area contributed by atoms with Gasteiger partial charge in [-0.3, -0.25) is 14.5 Å². The van der Waals surface area contributed by atoms with Gasteiger partial charge in [-0.15, -0.1) is 0 Å². The van der Waals surface area contributed by atoms with E-state index in [4.69, 9.17) is 0 Å². The van der Waals surface area contributed by atoms with Crippen LogP contribution >= 0.6 is 0 Å². The number of aromatic nitrogens is 1. The molecule has 0 aliphatic carbocycles. The van der Waals surface area contributed by atoms with Crippen molar-refractivity contribution in [2.45, 2.75) is 26.4 Å². The van der Waals surface area contributed by atoms with E-state index in [0.29, 0.717) is 18.8 Å². The maximum Gasteiger partial charge on any atom is 0.247 e. The van der Waals surface area contributed by atoms with E-state index in [-0.39, 0.29) is 5.91 Å². The number of hydrogen-bond donors (Lipinski definition) is 1. The monoisotopic (exact) mass is 449 g/mol. The summed E-state index contributed by atoms with van der Waals surface area (Å²) < 4.78 is 25.1. The molecule has 0 saturated heterocycles. The number of amides is 1. The van der Waals surface area contributed by atoms with Gasteiger partial charge in [0, 0.05) is 37.2 Å². The first-order valence-corrected chi connectivity index (χ1v) is 12.2. The molecule has 2 aromatic carbocycles. The van der Waals surface area contributed by atoms with Gasteiger partial charge < -0.3 is 4.90 Å². The lowest BCUT2D eigenvalue weighted by Gasteiger charge is -2.21. The number of nitrogens with zero attached hydrogens (tertiary/aromatic N) is 2. The molecule has 166 valence electrons. The highest BCUT2D eigenvalue weighted by Gasteiger charge is 2.13. The van der Waals surface area contributed by atoms with E-state index in [2.05, 4.69) is 40.9 Å². The first-order chi connectivity index (χ1) is 15.3. The molecule has 32 heavy (non-hydrogen) atoms. The Morgan fingerprint density at radius 1 is 0.969 bits per heavy atom. The van der Waals surface area contributed by atoms with Gasteiger partial charge in [0.25, 0.3) is 0 Å². The maximum atomic E-state index is 13.0. The summed E-state index contributed by atoms with van der Waals surface area (Å²) in [6.07, 6.45) is 8.81. The second-order valence-corrected chi connectivity index (χ2v) is 9.30. The van der Waals surface area contributed by atoms with Gasteiger partial charge in [0.15, 0.2) is 0 Å². The third-order valence-electron chi connectivity index (χ3n) is 4.84. The Kier molecular flexibility index (Phi) is 7.78. The number of carbonyl (C=O) groups is 1. The van der Waals surface area contributed by atoms with Gasteiger partial charge in [0.2, 0.25) is 15.9 Å². The highest BCUT2D eigenvalue weighted by Crippen LogP contribution is 2.15. The first kappa shape index (κ1) is 23.2. The highest BCUT2D eigenvalue weighted by molar-refractivity contribution is 7.92. The number of anilines is 1. The maximum absolute atomic E-state index is 13.0. The van der Waals surface area contributed by atoms with Crippen molar-refractivity contribution in [3.63, 3.8) is 0 Å². The van der Waals surface area contributed by atoms with Crippen LogP contribution < -0.4 is 4.72 Å². The predicted octanol–water partition coefficient (Wildman–Crippen LogP) is 4.26. The Morgan fingerprint density at radius 3 is 2.22 bits per heavy atom. The lowest BCUT2D eigenvalue weighted by Crippen LogP contribution is -2.28. The minimum Gasteiger partial charge on any atom is -0.330 e. The summed E-state index contributed by atoms with van der Waals surface area (Å²) in [5.74, 6) is -0.119. The third kappa shape index (κ3) is 7.35. The van der Waals surface area contributed by atoms with Gasteiger partial charge in [0.05, 0.1) is 6.26 Å². The van der Waals surface area contributed by atoms with Crippen LogP contribution in [0.5, 0.6) is 0 Å². The van der Waals surface area contributed by atoms with Crippen LogP contribution in [0.4, 0.5) is 5.69 Å². The van der Waals surface area contributed by atoms with E-state index >= 15 is 0 Å². The van der Waals surface area contributed by atoms with E-state index in [1.807, 2.05) is 12.1 Å². The molecule has 1 amide bonds. The fourth-order valence-electron chi connectivity index (χ4n) is 3.17. The second kappa shape index (κ2) is 10.7. The fraction of sp³-hybridized carbons (Fsp3) is 0.200. The van der Waals surface area contributed by atoms with Crippen molar-refractivity contribution in [3.05, 3.63) is 101 Å². The number of rotatable bonds is 9. The zero-order valence-corrected chi connectivity index (χ0v) is 19.0. The van der Waals surface area contributed by atoms with Crippen molar-refractivity contribution in [2.75, 3.05) is 11.0 Å². The smallest absolute Gasteiger partial charge is 0.247 e. The van der Waals surface area contributed by atoms with Crippen LogP contribution in [0.15, 0.2) is 79.1 Å². The number of nitrogens with one attached hydrogen (secondary N) is 1. The number of sulfonamides is 1. The average Bonchev–Trinajstić information content (AvgIpc) is 2.78. The summed E-state index contributed by atoms with van der Waals surface area (Å²) >= 11 is 0. The molecule has 0 aliphatic rings. The van der Waals surface area contributed by atoms with Crippen LogP contribution in [0, 0.1) is 0 Å². The molecule has 0 radical (unpaired) electrons. The van der Waals surface area contributed by atoms with Crippen molar-refractivity contribution >= 4 is 27.7 Å². The highest BCUT2D eigenvalue weighted by atomic mass is 32.2. The molecule has 0 saturated carbocycles. The van der Waals surface area contributed by atoms with Crippen LogP contribution in [-0.2, 0) is 34.3 Å². The lowest BCUT2D eigenvalue weighted by molar-refractivity contribution is -0.127. The molecular formula is C25H27N3O3S. The number of hydrogen-bond acceptors (Lipinski definition) is 4. The molecule has 1 N–H and O–H groups in total. The summed E-state index contributed by atoms with van der Waals surface area (Å²) in [7, 11) is -3.32. The van der Waals surface area contributed by atoms with Gasteiger partial charge >= 0.3 is 0 Å². The molecule has 3 aromatic rings. The molecular weight excluding hydrogens is 422 g/mol. The Balaban J connectivity index is 1.74. The quantitative estimate of drug-likeness (QED) is 0.495. The first-order valence-electron chi connectivity index (χ1n) is 10.3. The largest absolute Gasteiger partial charge is 0.330 e. The SMILES string of the molecule is CCc1ccc(CN(Cc2cccnc2)C(=O)/C=C/c2ccc(NS(C)(=O)=O)cc2)cc1. The molecule has 1 aromatic heterocycles.